The summed E-state index contributed by atoms with van der Waals surface area (Å²) in [7, 11) is 0. The minimum atomic E-state index is 0.615. The van der Waals surface area contributed by atoms with Gasteiger partial charge in [-0.25, -0.2) is 0 Å². The predicted molar refractivity (Wildman–Crippen MR) is 160 cm³/mol. The maximum absolute atomic E-state index is 2.62. The van der Waals surface area contributed by atoms with E-state index in [4.69, 9.17) is 0 Å². The van der Waals surface area contributed by atoms with Crippen LogP contribution in [0, 0.1) is 0 Å². The standard InChI is InChI=1S/C36H50/c1-7-13-15-29-23-33-25(9-3)17-19-27(11-5)35(33)31(29)21-22-32-30(16-14-8-2)24-34-26(10-4)18-20-28(12-6)36(32)34/h17-20,23-24,31-32H,7-16,21-22H2,1-6H3. The van der Waals surface area contributed by atoms with E-state index < -0.39 is 0 Å². The van der Waals surface area contributed by atoms with E-state index in [-0.39, 0.29) is 0 Å². The molecule has 2 aliphatic carbocycles. The van der Waals surface area contributed by atoms with E-state index in [9.17, 15) is 0 Å². The molecular formula is C36H50. The minimum absolute atomic E-state index is 0.615. The van der Waals surface area contributed by atoms with Crippen LogP contribution in [0.4, 0.5) is 0 Å². The van der Waals surface area contributed by atoms with Crippen molar-refractivity contribution in [3.63, 3.8) is 0 Å². The fourth-order valence-electron chi connectivity index (χ4n) is 7.04. The Morgan fingerprint density at radius 1 is 0.500 bits per heavy atom. The van der Waals surface area contributed by atoms with E-state index in [1.54, 1.807) is 55.7 Å². The zero-order valence-electron chi connectivity index (χ0n) is 24.1. The highest BCUT2D eigenvalue weighted by molar-refractivity contribution is 5.73. The first-order valence-electron chi connectivity index (χ1n) is 15.3. The molecule has 2 aliphatic rings. The molecule has 0 aliphatic heterocycles. The minimum Gasteiger partial charge on any atom is -0.0654 e. The third kappa shape index (κ3) is 5.16. The van der Waals surface area contributed by atoms with Crippen LogP contribution in [0.1, 0.15) is 149 Å². The van der Waals surface area contributed by atoms with Crippen molar-refractivity contribution in [1.82, 2.24) is 0 Å². The van der Waals surface area contributed by atoms with E-state index in [0.29, 0.717) is 11.8 Å². The molecule has 194 valence electrons. The van der Waals surface area contributed by atoms with Crippen LogP contribution >= 0.6 is 0 Å². The Labute approximate surface area is 222 Å². The second-order valence-corrected chi connectivity index (χ2v) is 11.2. The van der Waals surface area contributed by atoms with Gasteiger partial charge in [-0.15, -0.1) is 0 Å². The van der Waals surface area contributed by atoms with Crippen LogP contribution in [-0.2, 0) is 25.7 Å². The molecule has 0 aromatic heterocycles. The maximum atomic E-state index is 2.62. The Morgan fingerprint density at radius 2 is 0.861 bits per heavy atom. The van der Waals surface area contributed by atoms with Crippen LogP contribution in [0.5, 0.6) is 0 Å². The van der Waals surface area contributed by atoms with Gasteiger partial charge in [0.2, 0.25) is 0 Å². The Balaban J connectivity index is 1.71. The van der Waals surface area contributed by atoms with Crippen LogP contribution in [0.15, 0.2) is 35.4 Å². The van der Waals surface area contributed by atoms with Crippen LogP contribution in [0.3, 0.4) is 0 Å². The number of hydrogen-bond donors (Lipinski definition) is 0. The molecule has 2 aromatic carbocycles. The van der Waals surface area contributed by atoms with Gasteiger partial charge in [0.05, 0.1) is 0 Å². The fraction of sp³-hybridized carbons (Fsp3) is 0.556. The van der Waals surface area contributed by atoms with Crippen LogP contribution in [0.2, 0.25) is 0 Å². The number of unbranched alkanes of at least 4 members (excludes halogenated alkanes) is 2. The second-order valence-electron chi connectivity index (χ2n) is 11.2. The predicted octanol–water partition coefficient (Wildman–Crippen LogP) is 10.8. The van der Waals surface area contributed by atoms with Gasteiger partial charge in [-0.2, -0.15) is 0 Å². The Hall–Kier alpha value is -2.08. The molecule has 36 heavy (non-hydrogen) atoms. The lowest BCUT2D eigenvalue weighted by Crippen LogP contribution is -2.09. The summed E-state index contributed by atoms with van der Waals surface area (Å²) in [5.74, 6) is 1.23. The summed E-state index contributed by atoms with van der Waals surface area (Å²) in [6, 6.07) is 9.71. The molecule has 0 saturated carbocycles. The van der Waals surface area contributed by atoms with Crippen molar-refractivity contribution in [3.05, 3.63) is 79.9 Å². The summed E-state index contributed by atoms with van der Waals surface area (Å²) in [6.07, 6.45) is 20.1. The molecule has 2 unspecified atom stereocenters. The monoisotopic (exact) mass is 482 g/mol. The average molecular weight is 483 g/mol. The molecule has 0 bridgehead atoms. The normalized spacial score (nSPS) is 18.3. The van der Waals surface area contributed by atoms with E-state index in [1.807, 2.05) is 0 Å². The molecule has 2 aromatic rings. The van der Waals surface area contributed by atoms with Gasteiger partial charge in [0.1, 0.15) is 0 Å². The number of rotatable bonds is 13. The van der Waals surface area contributed by atoms with Crippen molar-refractivity contribution < 1.29 is 0 Å². The molecule has 0 N–H and O–H groups in total. The smallest absolute Gasteiger partial charge is 0.00605 e. The molecule has 0 heteroatoms. The lowest BCUT2D eigenvalue weighted by Gasteiger charge is -2.25. The van der Waals surface area contributed by atoms with Crippen LogP contribution in [0.25, 0.3) is 12.2 Å². The van der Waals surface area contributed by atoms with Crippen molar-refractivity contribution in [2.45, 2.75) is 130 Å². The molecule has 0 nitrogen and oxygen atoms in total. The highest BCUT2D eigenvalue weighted by Gasteiger charge is 2.33. The van der Waals surface area contributed by atoms with E-state index in [1.165, 1.54) is 51.4 Å². The van der Waals surface area contributed by atoms with Crippen LogP contribution in [-0.4, -0.2) is 0 Å². The van der Waals surface area contributed by atoms with Gasteiger partial charge >= 0.3 is 0 Å². The van der Waals surface area contributed by atoms with Crippen LogP contribution < -0.4 is 0 Å². The van der Waals surface area contributed by atoms with Gasteiger partial charge in [0.25, 0.3) is 0 Å². The van der Waals surface area contributed by atoms with E-state index in [2.05, 4.69) is 78.0 Å². The Kier molecular flexibility index (Phi) is 9.32. The number of allylic oxidation sites excluding steroid dienone is 2. The lowest BCUT2D eigenvalue weighted by molar-refractivity contribution is 0.574. The molecule has 0 radical (unpaired) electrons. The largest absolute Gasteiger partial charge is 0.0654 e. The van der Waals surface area contributed by atoms with Gasteiger partial charge in [0.15, 0.2) is 0 Å². The summed E-state index contributed by atoms with van der Waals surface area (Å²) >= 11 is 0. The molecule has 0 fully saturated rings. The quantitative estimate of drug-likeness (QED) is 0.266. The summed E-state index contributed by atoms with van der Waals surface area (Å²) in [4.78, 5) is 0. The SMILES string of the molecule is CCCCC1=Cc2c(CC)ccc(CC)c2C1CCC1C(CCCC)=Cc2c(CC)ccc(CC)c21. The number of benzene rings is 2. The molecule has 0 heterocycles. The topological polar surface area (TPSA) is 0 Å². The second kappa shape index (κ2) is 12.4. The molecule has 0 saturated heterocycles. The summed E-state index contributed by atoms with van der Waals surface area (Å²) in [6.45, 7) is 14.0. The fourth-order valence-corrected chi connectivity index (χ4v) is 7.04. The molecule has 0 spiro atoms. The Bertz CT molecular complexity index is 1020. The first-order chi connectivity index (χ1) is 17.6. The summed E-state index contributed by atoms with van der Waals surface area (Å²) < 4.78 is 0. The Morgan fingerprint density at radius 3 is 1.19 bits per heavy atom. The first-order valence-corrected chi connectivity index (χ1v) is 15.3. The highest BCUT2D eigenvalue weighted by atomic mass is 14.4. The van der Waals surface area contributed by atoms with E-state index >= 15 is 0 Å². The van der Waals surface area contributed by atoms with Gasteiger partial charge in [0, 0.05) is 11.8 Å². The number of fused-ring (bicyclic) bond motifs is 2. The van der Waals surface area contributed by atoms with Gasteiger partial charge in [-0.3, -0.25) is 0 Å². The van der Waals surface area contributed by atoms with Crippen molar-refractivity contribution in [1.29, 1.82) is 0 Å². The van der Waals surface area contributed by atoms with Crippen molar-refractivity contribution in [3.8, 4) is 0 Å². The van der Waals surface area contributed by atoms with Crippen molar-refractivity contribution in [2.24, 2.45) is 0 Å². The van der Waals surface area contributed by atoms with Crippen molar-refractivity contribution >= 4 is 12.2 Å². The van der Waals surface area contributed by atoms with Gasteiger partial charge < -0.3 is 0 Å². The average Bonchev–Trinajstić information content (AvgIpc) is 3.46. The third-order valence-corrected chi connectivity index (χ3v) is 9.09. The first kappa shape index (κ1) is 27.0. The zero-order valence-corrected chi connectivity index (χ0v) is 24.1. The maximum Gasteiger partial charge on any atom is 0.00605 e. The van der Waals surface area contributed by atoms with Gasteiger partial charge in [-0.05, 0) is 109 Å². The number of aryl methyl sites for hydroxylation is 4. The molecule has 0 amide bonds. The van der Waals surface area contributed by atoms with E-state index in [0.717, 1.165) is 25.7 Å². The summed E-state index contributed by atoms with van der Waals surface area (Å²) in [5.41, 5.74) is 16.3. The summed E-state index contributed by atoms with van der Waals surface area (Å²) in [5, 5.41) is 0. The van der Waals surface area contributed by atoms with Crippen molar-refractivity contribution in [2.75, 3.05) is 0 Å². The zero-order chi connectivity index (χ0) is 25.7. The molecular weight excluding hydrogens is 432 g/mol. The molecule has 2 atom stereocenters. The van der Waals surface area contributed by atoms with Gasteiger partial charge in [-0.1, -0.05) is 102 Å². The molecule has 4 rings (SSSR count). The highest BCUT2D eigenvalue weighted by Crippen LogP contribution is 2.50. The third-order valence-electron chi connectivity index (χ3n) is 9.09. The lowest BCUT2D eigenvalue weighted by atomic mass is 9.79. The number of hydrogen-bond acceptors (Lipinski definition) is 0.